The Kier molecular flexibility index (Phi) is 5.65. The fraction of sp³-hybridized carbons (Fsp3) is 0.625. The van der Waals surface area contributed by atoms with Crippen molar-refractivity contribution in [1.82, 2.24) is 0 Å². The van der Waals surface area contributed by atoms with Gasteiger partial charge >= 0.3 is 0 Å². The first-order chi connectivity index (χ1) is 10.0. The molecule has 118 valence electrons. The molecular formula is C16H25NO3S. The molecule has 2 N–H and O–H groups in total. The summed E-state index contributed by atoms with van der Waals surface area (Å²) in [5.41, 5.74) is 1.80. The van der Waals surface area contributed by atoms with Crippen LogP contribution in [0, 0.1) is 0 Å². The number of aryl methyl sites for hydroxylation is 1. The van der Waals surface area contributed by atoms with Crippen molar-refractivity contribution in [3.05, 3.63) is 29.8 Å². The molecule has 1 aromatic carbocycles. The summed E-state index contributed by atoms with van der Waals surface area (Å²) in [7, 11) is -3.52. The molecule has 1 aliphatic rings. The fourth-order valence-corrected chi connectivity index (χ4v) is 4.44. The first kappa shape index (κ1) is 16.3. The first-order valence-electron chi connectivity index (χ1n) is 7.81. The zero-order chi connectivity index (χ0) is 15.3. The predicted octanol–water partition coefficient (Wildman–Crippen LogP) is 3.07. The van der Waals surface area contributed by atoms with Crippen LogP contribution in [0.5, 0.6) is 0 Å². The van der Waals surface area contributed by atoms with Gasteiger partial charge in [-0.25, -0.2) is 8.42 Å². The zero-order valence-electron chi connectivity index (χ0n) is 12.6. The third kappa shape index (κ3) is 4.45. The molecular weight excluding hydrogens is 286 g/mol. The number of benzene rings is 1. The van der Waals surface area contributed by atoms with Crippen molar-refractivity contribution in [1.29, 1.82) is 0 Å². The van der Waals surface area contributed by atoms with Gasteiger partial charge in [0.25, 0.3) is 0 Å². The number of sulfonamides is 1. The van der Waals surface area contributed by atoms with E-state index in [1.165, 1.54) is 5.56 Å². The topological polar surface area (TPSA) is 66.4 Å². The molecule has 1 aromatic rings. The second kappa shape index (κ2) is 7.27. The molecule has 2 atom stereocenters. The van der Waals surface area contributed by atoms with Crippen molar-refractivity contribution in [3.8, 4) is 0 Å². The van der Waals surface area contributed by atoms with E-state index in [9.17, 15) is 13.5 Å². The number of rotatable bonds is 6. The van der Waals surface area contributed by atoms with E-state index in [1.54, 1.807) is 12.1 Å². The van der Waals surface area contributed by atoms with E-state index < -0.39 is 21.4 Å². The van der Waals surface area contributed by atoms with Crippen LogP contribution in [-0.4, -0.2) is 24.9 Å². The van der Waals surface area contributed by atoms with Crippen LogP contribution in [0.2, 0.25) is 0 Å². The highest BCUT2D eigenvalue weighted by Crippen LogP contribution is 2.26. The number of anilines is 1. The minimum atomic E-state index is -3.52. The lowest BCUT2D eigenvalue weighted by molar-refractivity contribution is 0.133. The highest BCUT2D eigenvalue weighted by molar-refractivity contribution is 7.93. The molecule has 5 heteroatoms. The van der Waals surface area contributed by atoms with Crippen molar-refractivity contribution in [2.24, 2.45) is 0 Å². The molecule has 1 saturated carbocycles. The normalized spacial score (nSPS) is 23.0. The van der Waals surface area contributed by atoms with Crippen LogP contribution in [0.15, 0.2) is 24.3 Å². The van der Waals surface area contributed by atoms with Crippen LogP contribution in [-0.2, 0) is 16.4 Å². The molecule has 2 rings (SSSR count). The van der Waals surface area contributed by atoms with Crippen molar-refractivity contribution in [2.75, 3.05) is 4.72 Å². The van der Waals surface area contributed by atoms with E-state index in [1.807, 2.05) is 12.1 Å². The second-order valence-corrected chi connectivity index (χ2v) is 7.74. The number of nitrogens with one attached hydrogen (secondary N) is 1. The largest absolute Gasteiger partial charge is 0.392 e. The number of hydrogen-bond donors (Lipinski definition) is 2. The molecule has 1 fully saturated rings. The first-order valence-corrected chi connectivity index (χ1v) is 9.36. The predicted molar refractivity (Wildman–Crippen MR) is 85.9 cm³/mol. The molecule has 0 heterocycles. The summed E-state index contributed by atoms with van der Waals surface area (Å²) in [4.78, 5) is 0. The van der Waals surface area contributed by atoms with Crippen LogP contribution < -0.4 is 4.72 Å². The van der Waals surface area contributed by atoms with Crippen molar-refractivity contribution in [2.45, 2.75) is 63.2 Å². The van der Waals surface area contributed by atoms with Gasteiger partial charge in [0.2, 0.25) is 10.0 Å². The minimum Gasteiger partial charge on any atom is -0.392 e. The van der Waals surface area contributed by atoms with Gasteiger partial charge in [-0.2, -0.15) is 0 Å². The Morgan fingerprint density at radius 3 is 2.48 bits per heavy atom. The Labute approximate surface area is 127 Å². The zero-order valence-corrected chi connectivity index (χ0v) is 13.4. The fourth-order valence-electron chi connectivity index (χ4n) is 2.80. The summed E-state index contributed by atoms with van der Waals surface area (Å²) in [6.07, 6.45) is 5.42. The third-order valence-corrected chi connectivity index (χ3v) is 5.97. The quantitative estimate of drug-likeness (QED) is 0.848. The van der Waals surface area contributed by atoms with Crippen LogP contribution in [0.1, 0.15) is 51.0 Å². The smallest absolute Gasteiger partial charge is 0.238 e. The molecule has 0 bridgehead atoms. The maximum Gasteiger partial charge on any atom is 0.238 e. The van der Waals surface area contributed by atoms with Gasteiger partial charge in [0.1, 0.15) is 5.25 Å². The molecule has 2 unspecified atom stereocenters. The highest BCUT2D eigenvalue weighted by atomic mass is 32.2. The van der Waals surface area contributed by atoms with Crippen molar-refractivity contribution >= 4 is 15.7 Å². The molecule has 1 aliphatic carbocycles. The van der Waals surface area contributed by atoms with E-state index in [4.69, 9.17) is 0 Å². The summed E-state index contributed by atoms with van der Waals surface area (Å²) in [6.45, 7) is 2.15. The third-order valence-electron chi connectivity index (χ3n) is 4.10. The van der Waals surface area contributed by atoms with Gasteiger partial charge < -0.3 is 5.11 Å². The maximum absolute atomic E-state index is 12.4. The van der Waals surface area contributed by atoms with Gasteiger partial charge in [0.15, 0.2) is 0 Å². The lowest BCUT2D eigenvalue weighted by atomic mass is 9.97. The van der Waals surface area contributed by atoms with Crippen molar-refractivity contribution in [3.63, 3.8) is 0 Å². The van der Waals surface area contributed by atoms with Crippen LogP contribution >= 0.6 is 0 Å². The van der Waals surface area contributed by atoms with Gasteiger partial charge in [-0.05, 0) is 43.4 Å². The van der Waals surface area contributed by atoms with Gasteiger partial charge in [0, 0.05) is 5.69 Å². The Bertz CT molecular complexity index is 539. The summed E-state index contributed by atoms with van der Waals surface area (Å²) in [5, 5.41) is 9.22. The molecule has 21 heavy (non-hydrogen) atoms. The summed E-state index contributed by atoms with van der Waals surface area (Å²) >= 11 is 0. The average Bonchev–Trinajstić information content (AvgIpc) is 2.46. The lowest BCUT2D eigenvalue weighted by Crippen LogP contribution is -2.40. The van der Waals surface area contributed by atoms with E-state index >= 15 is 0 Å². The standard InChI is InChI=1S/C16H25NO3S/c1-2-3-6-13-9-11-14(12-10-13)17-21(19,20)16-8-5-4-7-15(16)18/h9-12,15-18H,2-8H2,1H3. The summed E-state index contributed by atoms with van der Waals surface area (Å²) < 4.78 is 27.3. The molecule has 0 spiro atoms. The van der Waals surface area contributed by atoms with E-state index in [-0.39, 0.29) is 0 Å². The SMILES string of the molecule is CCCCc1ccc(NS(=O)(=O)C2CCCCC2O)cc1. The van der Waals surface area contributed by atoms with E-state index in [0.717, 1.165) is 32.1 Å². The Hall–Kier alpha value is -1.07. The molecule has 0 aromatic heterocycles. The molecule has 0 radical (unpaired) electrons. The number of aliphatic hydroxyl groups is 1. The molecule has 0 amide bonds. The summed E-state index contributed by atoms with van der Waals surface area (Å²) in [6, 6.07) is 7.53. The Morgan fingerprint density at radius 2 is 1.86 bits per heavy atom. The minimum absolute atomic E-state index is 0.533. The van der Waals surface area contributed by atoms with E-state index in [0.29, 0.717) is 18.5 Å². The number of unbranched alkanes of at least 4 members (excludes halogenated alkanes) is 1. The van der Waals surface area contributed by atoms with Crippen LogP contribution in [0.3, 0.4) is 0 Å². The lowest BCUT2D eigenvalue weighted by Gasteiger charge is -2.27. The van der Waals surface area contributed by atoms with Crippen molar-refractivity contribution < 1.29 is 13.5 Å². The summed E-state index contributed by atoms with van der Waals surface area (Å²) in [5.74, 6) is 0. The molecule has 0 saturated heterocycles. The highest BCUT2D eigenvalue weighted by Gasteiger charge is 2.34. The van der Waals surface area contributed by atoms with Gasteiger partial charge in [-0.1, -0.05) is 38.3 Å². The average molecular weight is 311 g/mol. The maximum atomic E-state index is 12.4. The monoisotopic (exact) mass is 311 g/mol. The number of aliphatic hydroxyl groups excluding tert-OH is 1. The van der Waals surface area contributed by atoms with Crippen LogP contribution in [0.4, 0.5) is 5.69 Å². The van der Waals surface area contributed by atoms with Gasteiger partial charge in [-0.3, -0.25) is 4.72 Å². The van der Waals surface area contributed by atoms with Gasteiger partial charge in [0.05, 0.1) is 6.10 Å². The second-order valence-electron chi connectivity index (χ2n) is 5.84. The molecule has 4 nitrogen and oxygen atoms in total. The van der Waals surface area contributed by atoms with E-state index in [2.05, 4.69) is 11.6 Å². The Balaban J connectivity index is 2.02. The van der Waals surface area contributed by atoms with Gasteiger partial charge in [-0.15, -0.1) is 0 Å². The number of hydrogen-bond acceptors (Lipinski definition) is 3. The van der Waals surface area contributed by atoms with Crippen LogP contribution in [0.25, 0.3) is 0 Å². The Morgan fingerprint density at radius 1 is 1.19 bits per heavy atom. The molecule has 0 aliphatic heterocycles.